The van der Waals surface area contributed by atoms with Crippen LogP contribution in [0.3, 0.4) is 0 Å². The van der Waals surface area contributed by atoms with Crippen LogP contribution in [0.1, 0.15) is 84.0 Å². The van der Waals surface area contributed by atoms with E-state index in [1.54, 1.807) is 0 Å². The Morgan fingerprint density at radius 2 is 1.52 bits per heavy atom. The number of hydrogen-bond acceptors (Lipinski definition) is 2. The highest BCUT2D eigenvalue weighted by Gasteiger charge is 2.39. The summed E-state index contributed by atoms with van der Waals surface area (Å²) in [5.41, 5.74) is 0. The Morgan fingerprint density at radius 3 is 2.18 bits per heavy atom. The van der Waals surface area contributed by atoms with Gasteiger partial charge in [-0.05, 0) is 107 Å². The summed E-state index contributed by atoms with van der Waals surface area (Å²) < 4.78 is 32.6. The lowest BCUT2D eigenvalue weighted by atomic mass is 9.60. The Bertz CT molecular complexity index is 823. The van der Waals surface area contributed by atoms with Crippen LogP contribution in [0.15, 0.2) is 24.3 Å². The van der Waals surface area contributed by atoms with Crippen LogP contribution < -0.4 is 4.74 Å². The second-order valence-corrected chi connectivity index (χ2v) is 11.0. The SMILES string of the molecule is C/C=C/CCC1CCC2CC(C3CCC(C(=O)Oc4cc(F)c(Cl)c(F)c4)CC3)CCC2C1. The van der Waals surface area contributed by atoms with Gasteiger partial charge in [-0.2, -0.15) is 0 Å². The zero-order chi connectivity index (χ0) is 23.4. The number of hydrogen-bond donors (Lipinski definition) is 0. The maximum absolute atomic E-state index is 13.6. The summed E-state index contributed by atoms with van der Waals surface area (Å²) in [7, 11) is 0. The van der Waals surface area contributed by atoms with Crippen molar-refractivity contribution in [3.8, 4) is 5.75 Å². The first-order chi connectivity index (χ1) is 15.9. The van der Waals surface area contributed by atoms with Gasteiger partial charge < -0.3 is 4.74 Å². The lowest BCUT2D eigenvalue weighted by Crippen LogP contribution is -2.35. The zero-order valence-electron chi connectivity index (χ0n) is 19.7. The minimum absolute atomic E-state index is 0.110. The number of carbonyl (C=O) groups excluding carboxylic acids is 1. The van der Waals surface area contributed by atoms with E-state index in [2.05, 4.69) is 19.1 Å². The Kier molecular flexibility index (Phi) is 8.48. The van der Waals surface area contributed by atoms with Gasteiger partial charge in [-0.25, -0.2) is 8.78 Å². The van der Waals surface area contributed by atoms with Crippen molar-refractivity contribution in [2.24, 2.45) is 35.5 Å². The molecule has 3 saturated carbocycles. The molecule has 0 amide bonds. The van der Waals surface area contributed by atoms with E-state index >= 15 is 0 Å². The number of esters is 1. The van der Waals surface area contributed by atoms with E-state index in [1.165, 1.54) is 51.4 Å². The number of halogens is 3. The van der Waals surface area contributed by atoms with Crippen LogP contribution in [-0.2, 0) is 4.79 Å². The van der Waals surface area contributed by atoms with Crippen molar-refractivity contribution in [3.05, 3.63) is 40.9 Å². The smallest absolute Gasteiger partial charge is 0.314 e. The minimum atomic E-state index is -0.911. The Labute approximate surface area is 202 Å². The van der Waals surface area contributed by atoms with Crippen LogP contribution in [0.5, 0.6) is 5.75 Å². The van der Waals surface area contributed by atoms with Crippen molar-refractivity contribution in [1.29, 1.82) is 0 Å². The molecule has 33 heavy (non-hydrogen) atoms. The number of ether oxygens (including phenoxy) is 1. The summed E-state index contributed by atoms with van der Waals surface area (Å²) in [5.74, 6) is 1.74. The van der Waals surface area contributed by atoms with Crippen molar-refractivity contribution in [1.82, 2.24) is 0 Å². The monoisotopic (exact) mass is 478 g/mol. The van der Waals surface area contributed by atoms with E-state index < -0.39 is 16.7 Å². The molecule has 182 valence electrons. The molecule has 0 saturated heterocycles. The molecule has 0 aromatic heterocycles. The highest BCUT2D eigenvalue weighted by atomic mass is 35.5. The third-order valence-electron chi connectivity index (χ3n) is 8.69. The number of benzene rings is 1. The van der Waals surface area contributed by atoms with E-state index in [-0.39, 0.29) is 17.6 Å². The molecule has 0 N–H and O–H groups in total. The predicted octanol–water partition coefficient (Wildman–Crippen LogP) is 8.52. The summed E-state index contributed by atoms with van der Waals surface area (Å²) in [5, 5.41) is -0.577. The molecule has 3 fully saturated rings. The Hall–Kier alpha value is -1.42. The molecule has 4 rings (SSSR count). The summed E-state index contributed by atoms with van der Waals surface area (Å²) in [6.07, 6.45) is 19.1. The summed E-state index contributed by atoms with van der Waals surface area (Å²) in [4.78, 5) is 12.6. The van der Waals surface area contributed by atoms with Gasteiger partial charge in [0.05, 0.1) is 5.92 Å². The van der Waals surface area contributed by atoms with Gasteiger partial charge in [-0.3, -0.25) is 4.79 Å². The van der Waals surface area contributed by atoms with Gasteiger partial charge in [0.15, 0.2) is 0 Å². The minimum Gasteiger partial charge on any atom is -0.426 e. The number of rotatable bonds is 6. The predicted molar refractivity (Wildman–Crippen MR) is 128 cm³/mol. The molecule has 0 bridgehead atoms. The van der Waals surface area contributed by atoms with Crippen molar-refractivity contribution < 1.29 is 18.3 Å². The topological polar surface area (TPSA) is 26.3 Å². The molecule has 4 atom stereocenters. The molecule has 1 aromatic carbocycles. The Morgan fingerprint density at radius 1 is 0.939 bits per heavy atom. The van der Waals surface area contributed by atoms with E-state index in [0.717, 1.165) is 61.5 Å². The van der Waals surface area contributed by atoms with Crippen LogP contribution in [0, 0.1) is 47.1 Å². The molecular weight excluding hydrogens is 442 g/mol. The lowest BCUT2D eigenvalue weighted by Gasteiger charge is -2.45. The summed E-state index contributed by atoms with van der Waals surface area (Å²) in [6.45, 7) is 2.11. The van der Waals surface area contributed by atoms with Gasteiger partial charge in [0.1, 0.15) is 22.4 Å². The van der Waals surface area contributed by atoms with Gasteiger partial charge in [0, 0.05) is 12.1 Å². The van der Waals surface area contributed by atoms with Crippen LogP contribution in [-0.4, -0.2) is 5.97 Å². The fraction of sp³-hybridized carbons (Fsp3) is 0.679. The van der Waals surface area contributed by atoms with E-state index in [1.807, 2.05) is 0 Å². The quantitative estimate of drug-likeness (QED) is 0.177. The first-order valence-corrected chi connectivity index (χ1v) is 13.3. The highest BCUT2D eigenvalue weighted by Crippen LogP contribution is 2.49. The van der Waals surface area contributed by atoms with Crippen molar-refractivity contribution in [2.75, 3.05) is 0 Å². The molecule has 0 heterocycles. The van der Waals surface area contributed by atoms with Gasteiger partial charge >= 0.3 is 5.97 Å². The van der Waals surface area contributed by atoms with Gasteiger partial charge in [0.25, 0.3) is 0 Å². The molecule has 1 aromatic rings. The molecule has 3 aliphatic carbocycles. The zero-order valence-corrected chi connectivity index (χ0v) is 20.5. The summed E-state index contributed by atoms with van der Waals surface area (Å²) in [6, 6.07) is 1.95. The maximum Gasteiger partial charge on any atom is 0.314 e. The van der Waals surface area contributed by atoms with Crippen molar-refractivity contribution >= 4 is 17.6 Å². The highest BCUT2D eigenvalue weighted by molar-refractivity contribution is 6.30. The summed E-state index contributed by atoms with van der Waals surface area (Å²) >= 11 is 5.51. The van der Waals surface area contributed by atoms with E-state index in [9.17, 15) is 13.6 Å². The van der Waals surface area contributed by atoms with Crippen LogP contribution in [0.25, 0.3) is 0 Å². The molecular formula is C28H37ClF2O2. The van der Waals surface area contributed by atoms with Crippen molar-refractivity contribution in [2.45, 2.75) is 84.0 Å². The lowest BCUT2D eigenvalue weighted by molar-refractivity contribution is -0.140. The second-order valence-electron chi connectivity index (χ2n) is 10.7. The normalized spacial score (nSPS) is 32.5. The molecule has 0 radical (unpaired) electrons. The average molecular weight is 479 g/mol. The molecule has 0 spiro atoms. The number of fused-ring (bicyclic) bond motifs is 1. The third kappa shape index (κ3) is 6.18. The fourth-order valence-electron chi connectivity index (χ4n) is 6.83. The first kappa shape index (κ1) is 24.7. The first-order valence-electron chi connectivity index (χ1n) is 12.9. The maximum atomic E-state index is 13.6. The molecule has 5 heteroatoms. The van der Waals surface area contributed by atoms with Crippen LogP contribution in [0.2, 0.25) is 5.02 Å². The second kappa shape index (κ2) is 11.3. The average Bonchev–Trinajstić information content (AvgIpc) is 2.82. The van der Waals surface area contributed by atoms with Gasteiger partial charge in [-0.1, -0.05) is 30.2 Å². The molecule has 3 aliphatic rings. The Balaban J connectivity index is 1.22. The van der Waals surface area contributed by atoms with Gasteiger partial charge in [-0.15, -0.1) is 0 Å². The number of allylic oxidation sites excluding steroid dienone is 2. The van der Waals surface area contributed by atoms with Crippen molar-refractivity contribution in [3.63, 3.8) is 0 Å². The number of carbonyl (C=O) groups is 1. The molecule has 4 unspecified atom stereocenters. The third-order valence-corrected chi connectivity index (χ3v) is 9.05. The van der Waals surface area contributed by atoms with Crippen LogP contribution >= 0.6 is 11.6 Å². The van der Waals surface area contributed by atoms with Gasteiger partial charge in [0.2, 0.25) is 0 Å². The standard InChI is InChI=1S/C28H37ClF2O2/c1-2-3-4-5-18-6-7-23-15-22(13-12-21(23)14-18)19-8-10-20(11-9-19)28(32)33-24-16-25(30)27(29)26(31)17-24/h2-3,16-23H,4-15H2,1H3/b3-2+. The van der Waals surface area contributed by atoms with E-state index in [0.29, 0.717) is 5.92 Å². The van der Waals surface area contributed by atoms with E-state index in [4.69, 9.17) is 16.3 Å². The fourth-order valence-corrected chi connectivity index (χ4v) is 6.94. The molecule has 0 aliphatic heterocycles. The molecule has 2 nitrogen and oxygen atoms in total. The largest absolute Gasteiger partial charge is 0.426 e. The van der Waals surface area contributed by atoms with Crippen LogP contribution in [0.4, 0.5) is 8.78 Å².